The van der Waals surface area contributed by atoms with E-state index in [1.807, 2.05) is 0 Å². The summed E-state index contributed by atoms with van der Waals surface area (Å²) in [6, 6.07) is 0. The molecule has 1 spiro atoms. The third-order valence-electron chi connectivity index (χ3n) is 22.5. The van der Waals surface area contributed by atoms with Crippen LogP contribution in [-0.2, 0) is 42.7 Å². The first kappa shape index (κ1) is 56.2. The highest BCUT2D eigenvalue weighted by Crippen LogP contribution is 2.80. The Balaban J connectivity index is 0.901. The minimum absolute atomic E-state index is 0.0816. The second-order valence-electron chi connectivity index (χ2n) is 26.3. The van der Waals surface area contributed by atoms with Crippen molar-refractivity contribution in [2.45, 2.75) is 234 Å². The molecule has 21 heteroatoms. The van der Waals surface area contributed by atoms with Crippen LogP contribution in [0.4, 0.5) is 0 Å². The molecular weight excluding hydrogens is 973 g/mol. The third-order valence-corrected chi connectivity index (χ3v) is 22.5. The van der Waals surface area contributed by atoms with E-state index < -0.39 is 159 Å². The summed E-state index contributed by atoms with van der Waals surface area (Å²) in [4.78, 5) is 12.6. The summed E-state index contributed by atoms with van der Waals surface area (Å²) in [7, 11) is 0. The standard InChI is InChI=1S/C53H86O21/c1-47(2)29-7-11-50(5)30(8-12-53-31-16-48(3,22-56)13-14-52(31,23-69-53)32(58)17-51(50,53)6)49(29,4)10-9-33(47)73-45-42(70-26-15-24(18-54)34(59)39(64)36(26)61)38(63)28(21-68-45)72-46-43(40(65)37(62)27(19-55)71-46)74-44-41(66)35(60)25(57)20-67-44/h22,24-46,54-55,57-66H,7-21,23H2,1-6H3/t24?,25?,26?,27?,28?,29?,30?,31?,32-,33+,34?,35?,36?,37?,38?,39?,40?,41?,42?,43?,44?,45?,46?,48+,49+,50-,51+,52?,53?/m1/s1. The van der Waals surface area contributed by atoms with Crippen LogP contribution in [0.1, 0.15) is 112 Å². The van der Waals surface area contributed by atoms with Gasteiger partial charge in [0, 0.05) is 28.8 Å². The van der Waals surface area contributed by atoms with Crippen molar-refractivity contribution in [1.82, 2.24) is 0 Å². The van der Waals surface area contributed by atoms with Crippen molar-refractivity contribution in [1.29, 1.82) is 0 Å². The van der Waals surface area contributed by atoms with Gasteiger partial charge < -0.3 is 104 Å². The summed E-state index contributed by atoms with van der Waals surface area (Å²) >= 11 is 0. The highest BCUT2D eigenvalue weighted by atomic mass is 16.8. The zero-order valence-electron chi connectivity index (χ0n) is 43.7. The van der Waals surface area contributed by atoms with Gasteiger partial charge in [-0.25, -0.2) is 0 Å². The van der Waals surface area contributed by atoms with Crippen molar-refractivity contribution in [2.75, 3.05) is 33.0 Å². The third kappa shape index (κ3) is 8.32. The Morgan fingerprint density at radius 3 is 1.99 bits per heavy atom. The molecule has 10 rings (SSSR count). The maximum Gasteiger partial charge on any atom is 0.187 e. The van der Waals surface area contributed by atoms with Gasteiger partial charge in [0.15, 0.2) is 18.9 Å². The van der Waals surface area contributed by atoms with Crippen LogP contribution < -0.4 is 0 Å². The van der Waals surface area contributed by atoms with Crippen molar-refractivity contribution < 1.29 is 104 Å². The van der Waals surface area contributed by atoms with E-state index in [-0.39, 0.29) is 52.4 Å². The predicted molar refractivity (Wildman–Crippen MR) is 254 cm³/mol. The molecule has 6 aliphatic carbocycles. The van der Waals surface area contributed by atoms with Crippen LogP contribution in [0.3, 0.4) is 0 Å². The number of rotatable bonds is 11. The first-order chi connectivity index (χ1) is 34.8. The van der Waals surface area contributed by atoms with E-state index in [0.29, 0.717) is 19.4 Å². The van der Waals surface area contributed by atoms with Gasteiger partial charge in [-0.05, 0) is 105 Å². The zero-order valence-corrected chi connectivity index (χ0v) is 43.7. The van der Waals surface area contributed by atoms with Gasteiger partial charge in [-0.1, -0.05) is 41.5 Å². The summed E-state index contributed by atoms with van der Waals surface area (Å²) in [5.41, 5.74) is -2.46. The van der Waals surface area contributed by atoms with Crippen LogP contribution in [0, 0.1) is 56.2 Å². The number of ether oxygens (including phenoxy) is 8. The van der Waals surface area contributed by atoms with E-state index in [1.165, 1.54) is 0 Å². The van der Waals surface area contributed by atoms with Crippen molar-refractivity contribution >= 4 is 6.29 Å². The molecule has 424 valence electrons. The van der Waals surface area contributed by atoms with E-state index in [2.05, 4.69) is 41.5 Å². The van der Waals surface area contributed by atoms with Crippen molar-refractivity contribution in [3.8, 4) is 0 Å². The molecule has 74 heavy (non-hydrogen) atoms. The minimum atomic E-state index is -1.84. The van der Waals surface area contributed by atoms with Gasteiger partial charge in [0.05, 0.1) is 56.4 Å². The monoisotopic (exact) mass is 1060 g/mol. The van der Waals surface area contributed by atoms with E-state index in [0.717, 1.165) is 57.7 Å². The second-order valence-corrected chi connectivity index (χ2v) is 26.3. The second kappa shape index (κ2) is 19.8. The van der Waals surface area contributed by atoms with Crippen molar-refractivity contribution in [3.63, 3.8) is 0 Å². The zero-order chi connectivity index (χ0) is 53.5. The van der Waals surface area contributed by atoms with Crippen LogP contribution in [-0.4, -0.2) is 223 Å². The van der Waals surface area contributed by atoms with Crippen molar-refractivity contribution in [3.05, 3.63) is 0 Å². The smallest absolute Gasteiger partial charge is 0.187 e. The average Bonchev–Trinajstić information content (AvgIpc) is 3.65. The fourth-order valence-corrected chi connectivity index (χ4v) is 17.8. The van der Waals surface area contributed by atoms with Gasteiger partial charge in [-0.3, -0.25) is 0 Å². The quantitative estimate of drug-likeness (QED) is 0.0852. The topological polar surface area (TPSA) is 334 Å². The fourth-order valence-electron chi connectivity index (χ4n) is 17.8. The Morgan fingerprint density at radius 1 is 0.581 bits per heavy atom. The molecule has 10 fully saturated rings. The molecule has 29 atom stereocenters. The van der Waals surface area contributed by atoms with Gasteiger partial charge >= 0.3 is 0 Å². The summed E-state index contributed by atoms with van der Waals surface area (Å²) in [6.07, 6.45) is -19.1. The number of aliphatic hydroxyl groups excluding tert-OH is 12. The normalized spacial score (nSPS) is 58.1. The molecule has 0 radical (unpaired) electrons. The fraction of sp³-hybridized carbons (Fsp3) is 0.981. The number of aliphatic hydroxyl groups is 12. The molecule has 4 aliphatic heterocycles. The van der Waals surface area contributed by atoms with Crippen molar-refractivity contribution in [2.24, 2.45) is 56.2 Å². The van der Waals surface area contributed by atoms with E-state index in [4.69, 9.17) is 37.9 Å². The van der Waals surface area contributed by atoms with Gasteiger partial charge in [0.25, 0.3) is 0 Å². The molecule has 0 aromatic heterocycles. The SMILES string of the molecule is CC1(C)C2CC[C@]3(C)C(CCC45OCC6(CC[C@](C)(C=O)CC64)[C@H](O)C[C@]53C)[C@@]2(C)CC[C@@H]1OC1OCC(OC2OC(CO)C(O)C(O)C2OC2OCC(O)C(O)C2O)C(O)C1OC1CC(CO)C(O)C(O)C1O. The number of carbonyl (C=O) groups excluding carboxylic acids is 1. The maximum absolute atomic E-state index is 12.6. The molecular formula is C53H86O21. The Kier molecular flexibility index (Phi) is 15.1. The highest BCUT2D eigenvalue weighted by Gasteiger charge is 2.80. The maximum atomic E-state index is 12.6. The number of hydrogen-bond acceptors (Lipinski definition) is 21. The van der Waals surface area contributed by atoms with Crippen LogP contribution in [0.2, 0.25) is 0 Å². The Bertz CT molecular complexity index is 2020. The van der Waals surface area contributed by atoms with Gasteiger partial charge in [-0.2, -0.15) is 0 Å². The molecule has 23 unspecified atom stereocenters. The molecule has 0 aromatic rings. The summed E-state index contributed by atoms with van der Waals surface area (Å²) in [5, 5.41) is 131. The number of fused-ring (bicyclic) bond motifs is 4. The summed E-state index contributed by atoms with van der Waals surface area (Å²) in [5.74, 6) is -0.394. The summed E-state index contributed by atoms with van der Waals surface area (Å²) < 4.78 is 50.6. The summed E-state index contributed by atoms with van der Waals surface area (Å²) in [6.45, 7) is 12.1. The van der Waals surface area contributed by atoms with E-state index >= 15 is 0 Å². The van der Waals surface area contributed by atoms with Crippen LogP contribution in [0.15, 0.2) is 0 Å². The molecule has 2 bridgehead atoms. The lowest BCUT2D eigenvalue weighted by atomic mass is 9.30. The Morgan fingerprint density at radius 2 is 1.28 bits per heavy atom. The van der Waals surface area contributed by atoms with Crippen LogP contribution in [0.5, 0.6) is 0 Å². The molecule has 0 amide bonds. The molecule has 6 saturated carbocycles. The van der Waals surface area contributed by atoms with Crippen LogP contribution in [0.25, 0.3) is 0 Å². The minimum Gasteiger partial charge on any atom is -0.396 e. The molecule has 4 saturated heterocycles. The largest absolute Gasteiger partial charge is 0.396 e. The van der Waals surface area contributed by atoms with E-state index in [9.17, 15) is 66.1 Å². The van der Waals surface area contributed by atoms with Crippen LogP contribution >= 0.6 is 0 Å². The number of hydrogen-bond donors (Lipinski definition) is 12. The van der Waals surface area contributed by atoms with E-state index in [1.54, 1.807) is 0 Å². The molecule has 21 nitrogen and oxygen atoms in total. The lowest BCUT2D eigenvalue weighted by Crippen LogP contribution is -2.74. The molecule has 12 N–H and O–H groups in total. The highest BCUT2D eigenvalue weighted by molar-refractivity contribution is 5.59. The number of aldehydes is 1. The van der Waals surface area contributed by atoms with Gasteiger partial charge in [0.1, 0.15) is 79.5 Å². The molecule has 4 heterocycles. The van der Waals surface area contributed by atoms with Gasteiger partial charge in [0.2, 0.25) is 0 Å². The molecule has 0 aromatic carbocycles. The predicted octanol–water partition coefficient (Wildman–Crippen LogP) is -1.23. The average molecular weight is 1060 g/mol. The Hall–Kier alpha value is -1.13. The van der Waals surface area contributed by atoms with Gasteiger partial charge in [-0.15, -0.1) is 0 Å². The first-order valence-electron chi connectivity index (χ1n) is 27.4. The number of carbonyl (C=O) groups is 1. The lowest BCUT2D eigenvalue weighted by molar-refractivity contribution is -0.382. The molecule has 10 aliphatic rings. The Labute approximate surface area is 432 Å². The first-order valence-corrected chi connectivity index (χ1v) is 27.4. The lowest BCUT2D eigenvalue weighted by Gasteiger charge is -2.75.